The molecule has 0 atom stereocenters. The van der Waals surface area contributed by atoms with E-state index in [2.05, 4.69) is 42.3 Å². The highest BCUT2D eigenvalue weighted by molar-refractivity contribution is 7.99. The van der Waals surface area contributed by atoms with E-state index in [1.807, 2.05) is 41.3 Å². The van der Waals surface area contributed by atoms with Crippen LogP contribution in [0.15, 0.2) is 64.9 Å². The highest BCUT2D eigenvalue weighted by Crippen LogP contribution is 2.26. The van der Waals surface area contributed by atoms with Crippen LogP contribution in [-0.4, -0.2) is 27.5 Å². The molecule has 1 N–H and O–H groups in total. The largest absolute Gasteiger partial charge is 0.324 e. The molecule has 0 aliphatic heterocycles. The van der Waals surface area contributed by atoms with Crippen molar-refractivity contribution in [2.75, 3.05) is 17.3 Å². The Morgan fingerprint density at radius 3 is 2.77 bits per heavy atom. The van der Waals surface area contributed by atoms with E-state index in [1.54, 1.807) is 18.0 Å². The highest BCUT2D eigenvalue weighted by Gasteiger charge is 2.12. The lowest BCUT2D eigenvalue weighted by Crippen LogP contribution is -2.15. The molecule has 0 aliphatic carbocycles. The maximum absolute atomic E-state index is 12.4. The van der Waals surface area contributed by atoms with Crippen molar-refractivity contribution in [1.82, 2.24) is 9.55 Å². The molecule has 1 aromatic heterocycles. The van der Waals surface area contributed by atoms with Crippen LogP contribution in [-0.2, 0) is 4.79 Å². The Bertz CT molecular complexity index is 921. The number of amides is 1. The lowest BCUT2D eigenvalue weighted by Gasteiger charge is -2.12. The summed E-state index contributed by atoms with van der Waals surface area (Å²) in [5.74, 6) is 0.275. The van der Waals surface area contributed by atoms with Crippen molar-refractivity contribution in [2.45, 2.75) is 23.9 Å². The summed E-state index contributed by atoms with van der Waals surface area (Å²) in [5.41, 5.74) is 4.35. The molecule has 6 heteroatoms. The summed E-state index contributed by atoms with van der Waals surface area (Å²) in [7, 11) is 0. The average Bonchev–Trinajstić information content (AvgIpc) is 3.09. The van der Waals surface area contributed by atoms with E-state index in [0.717, 1.165) is 21.4 Å². The second-order valence-electron chi connectivity index (χ2n) is 5.91. The van der Waals surface area contributed by atoms with E-state index in [9.17, 15) is 4.79 Å². The number of aromatic nitrogens is 2. The minimum atomic E-state index is -0.0355. The van der Waals surface area contributed by atoms with Crippen LogP contribution in [0.5, 0.6) is 0 Å². The van der Waals surface area contributed by atoms with Crippen LogP contribution in [0.25, 0.3) is 5.69 Å². The van der Waals surface area contributed by atoms with Gasteiger partial charge < -0.3 is 5.32 Å². The number of rotatable bonds is 6. The summed E-state index contributed by atoms with van der Waals surface area (Å²) in [5, 5.41) is 3.79. The van der Waals surface area contributed by atoms with E-state index in [4.69, 9.17) is 0 Å². The molecule has 2 aromatic carbocycles. The van der Waals surface area contributed by atoms with Crippen LogP contribution in [0.1, 0.15) is 11.1 Å². The third-order valence-electron chi connectivity index (χ3n) is 3.93. The molecule has 1 amide bonds. The summed E-state index contributed by atoms with van der Waals surface area (Å²) in [6.45, 7) is 4.17. The number of aryl methyl sites for hydroxylation is 2. The van der Waals surface area contributed by atoms with Gasteiger partial charge in [-0.15, -0.1) is 11.8 Å². The Labute approximate surface area is 162 Å². The minimum Gasteiger partial charge on any atom is -0.324 e. The molecule has 3 aromatic rings. The maximum atomic E-state index is 12.4. The first-order chi connectivity index (χ1) is 12.6. The van der Waals surface area contributed by atoms with Crippen molar-refractivity contribution in [3.05, 3.63) is 66.0 Å². The van der Waals surface area contributed by atoms with Crippen molar-refractivity contribution in [2.24, 2.45) is 0 Å². The normalized spacial score (nSPS) is 10.7. The van der Waals surface area contributed by atoms with Crippen molar-refractivity contribution in [3.8, 4) is 5.69 Å². The quantitative estimate of drug-likeness (QED) is 0.612. The van der Waals surface area contributed by atoms with Gasteiger partial charge >= 0.3 is 0 Å². The fourth-order valence-corrected chi connectivity index (χ4v) is 4.04. The lowest BCUT2D eigenvalue weighted by atomic mass is 10.1. The molecular formula is C20H21N3OS2. The first-order valence-electron chi connectivity index (χ1n) is 8.25. The first kappa shape index (κ1) is 18.6. The topological polar surface area (TPSA) is 46.9 Å². The Hall–Kier alpha value is -2.18. The number of thioether (sulfide) groups is 2. The second kappa shape index (κ2) is 8.47. The SMILES string of the molecule is CSc1ccccc1NC(=O)CSc1nccn1-c1ccc(C)cc1C. The summed E-state index contributed by atoms with van der Waals surface area (Å²) in [4.78, 5) is 17.8. The van der Waals surface area contributed by atoms with Gasteiger partial charge in [-0.1, -0.05) is 41.6 Å². The molecule has 134 valence electrons. The van der Waals surface area contributed by atoms with Crippen molar-refractivity contribution < 1.29 is 4.79 Å². The van der Waals surface area contributed by atoms with E-state index in [1.165, 1.54) is 22.9 Å². The van der Waals surface area contributed by atoms with E-state index in [-0.39, 0.29) is 5.91 Å². The van der Waals surface area contributed by atoms with Gasteiger partial charge in [-0.3, -0.25) is 9.36 Å². The number of hydrogen-bond acceptors (Lipinski definition) is 4. The minimum absolute atomic E-state index is 0.0355. The molecule has 0 fully saturated rings. The van der Waals surface area contributed by atoms with Gasteiger partial charge in [-0.05, 0) is 43.9 Å². The van der Waals surface area contributed by atoms with Crippen LogP contribution in [0.4, 0.5) is 5.69 Å². The number of hydrogen-bond donors (Lipinski definition) is 1. The van der Waals surface area contributed by atoms with E-state index in [0.29, 0.717) is 5.75 Å². The van der Waals surface area contributed by atoms with Gasteiger partial charge in [-0.25, -0.2) is 4.98 Å². The number of benzene rings is 2. The van der Waals surface area contributed by atoms with E-state index < -0.39 is 0 Å². The van der Waals surface area contributed by atoms with Gasteiger partial charge in [-0.2, -0.15) is 0 Å². The Kier molecular flexibility index (Phi) is 6.06. The molecule has 1 heterocycles. The fraction of sp³-hybridized carbons (Fsp3) is 0.200. The van der Waals surface area contributed by atoms with Crippen LogP contribution < -0.4 is 5.32 Å². The average molecular weight is 384 g/mol. The van der Waals surface area contributed by atoms with Crippen LogP contribution >= 0.6 is 23.5 Å². The molecule has 0 saturated heterocycles. The standard InChI is InChI=1S/C20H21N3OS2/c1-14-8-9-17(15(2)12-14)23-11-10-21-20(23)26-13-19(24)22-16-6-4-5-7-18(16)25-3/h4-12H,13H2,1-3H3,(H,22,24). The van der Waals surface area contributed by atoms with Gasteiger partial charge in [0.25, 0.3) is 0 Å². The van der Waals surface area contributed by atoms with Crippen molar-refractivity contribution in [1.29, 1.82) is 0 Å². The molecule has 0 unspecified atom stereocenters. The van der Waals surface area contributed by atoms with Gasteiger partial charge in [0, 0.05) is 17.3 Å². The third kappa shape index (κ3) is 4.31. The Morgan fingerprint density at radius 2 is 2.00 bits per heavy atom. The number of carbonyl (C=O) groups is 1. The zero-order chi connectivity index (χ0) is 18.5. The third-order valence-corrected chi connectivity index (χ3v) is 5.69. The lowest BCUT2D eigenvalue weighted by molar-refractivity contribution is -0.113. The number of anilines is 1. The predicted octanol–water partition coefficient (Wildman–Crippen LogP) is 4.94. The molecule has 0 bridgehead atoms. The molecule has 0 spiro atoms. The van der Waals surface area contributed by atoms with Crippen LogP contribution in [0, 0.1) is 13.8 Å². The molecular weight excluding hydrogens is 362 g/mol. The van der Waals surface area contributed by atoms with Gasteiger partial charge in [0.05, 0.1) is 17.1 Å². The summed E-state index contributed by atoms with van der Waals surface area (Å²) >= 11 is 3.05. The summed E-state index contributed by atoms with van der Waals surface area (Å²) in [6, 6.07) is 14.1. The van der Waals surface area contributed by atoms with Gasteiger partial charge in [0.15, 0.2) is 5.16 Å². The van der Waals surface area contributed by atoms with Gasteiger partial charge in [0.1, 0.15) is 0 Å². The maximum Gasteiger partial charge on any atom is 0.234 e. The first-order valence-corrected chi connectivity index (χ1v) is 10.5. The number of para-hydroxylation sites is 1. The van der Waals surface area contributed by atoms with Crippen molar-refractivity contribution >= 4 is 35.1 Å². The smallest absolute Gasteiger partial charge is 0.234 e. The number of imidazole rings is 1. The Balaban J connectivity index is 1.69. The zero-order valence-electron chi connectivity index (χ0n) is 15.0. The fourth-order valence-electron chi connectivity index (χ4n) is 2.72. The molecule has 0 aliphatic rings. The predicted molar refractivity (Wildman–Crippen MR) is 111 cm³/mol. The highest BCUT2D eigenvalue weighted by atomic mass is 32.2. The summed E-state index contributed by atoms with van der Waals surface area (Å²) < 4.78 is 2.03. The molecule has 0 saturated carbocycles. The van der Waals surface area contributed by atoms with Crippen LogP contribution in [0.2, 0.25) is 0 Å². The van der Waals surface area contributed by atoms with E-state index >= 15 is 0 Å². The number of carbonyl (C=O) groups excluding carboxylic acids is 1. The number of nitrogens with zero attached hydrogens (tertiary/aromatic N) is 2. The van der Waals surface area contributed by atoms with Gasteiger partial charge in [0.2, 0.25) is 5.91 Å². The number of nitrogens with one attached hydrogen (secondary N) is 1. The molecule has 26 heavy (non-hydrogen) atoms. The second-order valence-corrected chi connectivity index (χ2v) is 7.70. The monoisotopic (exact) mass is 383 g/mol. The summed E-state index contributed by atoms with van der Waals surface area (Å²) in [6.07, 6.45) is 5.70. The zero-order valence-corrected chi connectivity index (χ0v) is 16.7. The molecule has 3 rings (SSSR count). The van der Waals surface area contributed by atoms with Crippen LogP contribution in [0.3, 0.4) is 0 Å². The van der Waals surface area contributed by atoms with Crippen molar-refractivity contribution in [3.63, 3.8) is 0 Å². The molecule has 4 nitrogen and oxygen atoms in total. The molecule has 0 radical (unpaired) electrons. The Morgan fingerprint density at radius 1 is 1.19 bits per heavy atom.